The molecule has 2 heterocycles. The second-order valence-corrected chi connectivity index (χ2v) is 5.92. The Kier molecular flexibility index (Phi) is 3.02. The Balaban J connectivity index is 2.75. The van der Waals surface area contributed by atoms with E-state index in [2.05, 4.69) is 40.7 Å². The number of hydrogen-bond acceptors (Lipinski definition) is 2. The van der Waals surface area contributed by atoms with Crippen molar-refractivity contribution in [2.75, 3.05) is 0 Å². The zero-order valence-corrected chi connectivity index (χ0v) is 11.5. The van der Waals surface area contributed by atoms with E-state index in [-0.39, 0.29) is 0 Å². The van der Waals surface area contributed by atoms with Crippen molar-refractivity contribution in [2.24, 2.45) is 0 Å². The normalized spacial score (nSPS) is 11.6. The number of nitrogens with zero attached hydrogens (tertiary/aromatic N) is 1. The standard InChI is InChI=1S/C14H19NS/c1-6-12-11(8(2)3)7-13-14(15-12)9(4)10(5)16-13/h7-8H,6H2,1-5H3. The zero-order chi connectivity index (χ0) is 11.9. The van der Waals surface area contributed by atoms with Crippen LogP contribution < -0.4 is 0 Å². The Morgan fingerprint density at radius 1 is 1.31 bits per heavy atom. The molecular formula is C14H19NS. The lowest BCUT2D eigenvalue weighted by atomic mass is 9.99. The summed E-state index contributed by atoms with van der Waals surface area (Å²) in [7, 11) is 0. The minimum absolute atomic E-state index is 0.564. The highest BCUT2D eigenvalue weighted by molar-refractivity contribution is 7.19. The number of hydrogen-bond donors (Lipinski definition) is 0. The quantitative estimate of drug-likeness (QED) is 0.738. The summed E-state index contributed by atoms with van der Waals surface area (Å²) < 4.78 is 1.34. The van der Waals surface area contributed by atoms with Crippen molar-refractivity contribution in [3.63, 3.8) is 0 Å². The van der Waals surface area contributed by atoms with Crippen molar-refractivity contribution in [3.8, 4) is 0 Å². The molecule has 0 radical (unpaired) electrons. The number of fused-ring (bicyclic) bond motifs is 1. The molecule has 0 N–H and O–H groups in total. The van der Waals surface area contributed by atoms with Gasteiger partial charge in [-0.15, -0.1) is 11.3 Å². The van der Waals surface area contributed by atoms with Gasteiger partial charge in [-0.05, 0) is 43.4 Å². The van der Waals surface area contributed by atoms with E-state index < -0.39 is 0 Å². The van der Waals surface area contributed by atoms with Crippen LogP contribution in [-0.4, -0.2) is 4.98 Å². The smallest absolute Gasteiger partial charge is 0.0845 e. The molecule has 2 heteroatoms. The zero-order valence-electron chi connectivity index (χ0n) is 10.7. The molecule has 0 saturated carbocycles. The summed E-state index contributed by atoms with van der Waals surface area (Å²) in [6.07, 6.45) is 1.03. The molecule has 0 aliphatic carbocycles. The van der Waals surface area contributed by atoms with Crippen LogP contribution in [-0.2, 0) is 6.42 Å². The summed E-state index contributed by atoms with van der Waals surface area (Å²) in [6, 6.07) is 2.34. The van der Waals surface area contributed by atoms with E-state index in [1.807, 2.05) is 11.3 Å². The van der Waals surface area contributed by atoms with Gasteiger partial charge in [0.05, 0.1) is 10.2 Å². The van der Waals surface area contributed by atoms with Gasteiger partial charge in [0.25, 0.3) is 0 Å². The van der Waals surface area contributed by atoms with Gasteiger partial charge in [0.1, 0.15) is 0 Å². The van der Waals surface area contributed by atoms with Crippen molar-refractivity contribution in [1.29, 1.82) is 0 Å². The first kappa shape index (κ1) is 11.6. The molecule has 0 bridgehead atoms. The number of aryl methyl sites for hydroxylation is 3. The summed E-state index contributed by atoms with van der Waals surface area (Å²) in [5, 5.41) is 0. The third kappa shape index (κ3) is 1.75. The monoisotopic (exact) mass is 233 g/mol. The van der Waals surface area contributed by atoms with E-state index in [0.717, 1.165) is 6.42 Å². The van der Waals surface area contributed by atoms with Crippen LogP contribution in [0.25, 0.3) is 10.2 Å². The molecule has 0 saturated heterocycles. The molecule has 2 rings (SSSR count). The number of pyridine rings is 1. The Morgan fingerprint density at radius 2 is 2.00 bits per heavy atom. The van der Waals surface area contributed by atoms with E-state index in [0.29, 0.717) is 5.92 Å². The van der Waals surface area contributed by atoms with Crippen molar-refractivity contribution in [3.05, 3.63) is 27.8 Å². The molecule has 86 valence electrons. The van der Waals surface area contributed by atoms with Crippen LogP contribution in [0.3, 0.4) is 0 Å². The Bertz CT molecular complexity index is 523. The number of thiophene rings is 1. The van der Waals surface area contributed by atoms with Crippen LogP contribution >= 0.6 is 11.3 Å². The molecule has 0 aromatic carbocycles. The SMILES string of the molecule is CCc1nc2c(C)c(C)sc2cc1C(C)C. The van der Waals surface area contributed by atoms with Crippen molar-refractivity contribution in [1.82, 2.24) is 4.98 Å². The van der Waals surface area contributed by atoms with Crippen LogP contribution in [0, 0.1) is 13.8 Å². The van der Waals surface area contributed by atoms with E-state index in [1.165, 1.54) is 31.9 Å². The molecule has 1 nitrogen and oxygen atoms in total. The van der Waals surface area contributed by atoms with Gasteiger partial charge in [0, 0.05) is 10.6 Å². The van der Waals surface area contributed by atoms with Gasteiger partial charge in [-0.25, -0.2) is 0 Å². The highest BCUT2D eigenvalue weighted by Gasteiger charge is 2.12. The molecule has 0 atom stereocenters. The first-order chi connectivity index (χ1) is 7.54. The average Bonchev–Trinajstić information content (AvgIpc) is 2.53. The molecule has 16 heavy (non-hydrogen) atoms. The fourth-order valence-electron chi connectivity index (χ4n) is 2.09. The number of rotatable bonds is 2. The summed E-state index contributed by atoms with van der Waals surface area (Å²) in [6.45, 7) is 11.0. The van der Waals surface area contributed by atoms with Gasteiger partial charge >= 0.3 is 0 Å². The second kappa shape index (κ2) is 4.17. The molecule has 0 aliphatic rings. The maximum atomic E-state index is 4.85. The first-order valence-corrected chi connectivity index (χ1v) is 6.75. The lowest BCUT2D eigenvalue weighted by Gasteiger charge is -2.10. The Hall–Kier alpha value is -0.890. The second-order valence-electron chi connectivity index (χ2n) is 4.66. The predicted octanol–water partition coefficient (Wildman–Crippen LogP) is 4.60. The van der Waals surface area contributed by atoms with Gasteiger partial charge in [-0.3, -0.25) is 4.98 Å². The molecule has 0 spiro atoms. The molecular weight excluding hydrogens is 214 g/mol. The van der Waals surface area contributed by atoms with Crippen LogP contribution in [0.4, 0.5) is 0 Å². The summed E-state index contributed by atoms with van der Waals surface area (Å²) >= 11 is 1.87. The summed E-state index contributed by atoms with van der Waals surface area (Å²) in [5.74, 6) is 0.564. The van der Waals surface area contributed by atoms with Gasteiger partial charge < -0.3 is 0 Å². The van der Waals surface area contributed by atoms with Crippen molar-refractivity contribution in [2.45, 2.75) is 47.0 Å². The Morgan fingerprint density at radius 3 is 2.56 bits per heavy atom. The van der Waals surface area contributed by atoms with Crippen LogP contribution in [0.5, 0.6) is 0 Å². The van der Waals surface area contributed by atoms with E-state index in [9.17, 15) is 0 Å². The van der Waals surface area contributed by atoms with E-state index in [4.69, 9.17) is 4.98 Å². The minimum Gasteiger partial charge on any atom is -0.251 e. The molecule has 0 amide bonds. The lowest BCUT2D eigenvalue weighted by molar-refractivity contribution is 0.831. The molecule has 2 aromatic rings. The van der Waals surface area contributed by atoms with Crippen molar-refractivity contribution < 1.29 is 0 Å². The molecule has 0 fully saturated rings. The summed E-state index contributed by atoms with van der Waals surface area (Å²) in [5.41, 5.74) is 5.24. The highest BCUT2D eigenvalue weighted by atomic mass is 32.1. The van der Waals surface area contributed by atoms with Crippen LogP contribution in [0.15, 0.2) is 6.07 Å². The van der Waals surface area contributed by atoms with Gasteiger partial charge in [-0.2, -0.15) is 0 Å². The molecule has 0 unspecified atom stereocenters. The maximum Gasteiger partial charge on any atom is 0.0845 e. The lowest BCUT2D eigenvalue weighted by Crippen LogP contribution is -1.98. The van der Waals surface area contributed by atoms with Gasteiger partial charge in [-0.1, -0.05) is 20.8 Å². The first-order valence-electron chi connectivity index (χ1n) is 5.94. The summed E-state index contributed by atoms with van der Waals surface area (Å²) in [4.78, 5) is 6.24. The minimum atomic E-state index is 0.564. The van der Waals surface area contributed by atoms with E-state index in [1.54, 1.807) is 0 Å². The predicted molar refractivity (Wildman–Crippen MR) is 72.6 cm³/mol. The average molecular weight is 233 g/mol. The molecule has 2 aromatic heterocycles. The number of aromatic nitrogens is 1. The fraction of sp³-hybridized carbons (Fsp3) is 0.500. The third-order valence-corrected chi connectivity index (χ3v) is 4.35. The Labute approximate surface area is 102 Å². The van der Waals surface area contributed by atoms with Crippen LogP contribution in [0.1, 0.15) is 48.4 Å². The third-order valence-electron chi connectivity index (χ3n) is 3.20. The fourth-order valence-corrected chi connectivity index (χ4v) is 3.15. The van der Waals surface area contributed by atoms with Gasteiger partial charge in [0.15, 0.2) is 0 Å². The molecule has 0 aliphatic heterocycles. The largest absolute Gasteiger partial charge is 0.251 e. The topological polar surface area (TPSA) is 12.9 Å². The van der Waals surface area contributed by atoms with Crippen molar-refractivity contribution >= 4 is 21.6 Å². The van der Waals surface area contributed by atoms with Gasteiger partial charge in [0.2, 0.25) is 0 Å². The van der Waals surface area contributed by atoms with Crippen LogP contribution in [0.2, 0.25) is 0 Å². The highest BCUT2D eigenvalue weighted by Crippen LogP contribution is 2.32. The van der Waals surface area contributed by atoms with E-state index >= 15 is 0 Å². The maximum absolute atomic E-state index is 4.85.